The molecule has 4 heteroatoms. The van der Waals surface area contributed by atoms with Crippen LogP contribution >= 0.6 is 0 Å². The van der Waals surface area contributed by atoms with E-state index in [1.165, 1.54) is 6.07 Å². The minimum Gasteiger partial charge on any atom is -0.391 e. The Hall–Kier alpha value is -1.13. The van der Waals surface area contributed by atoms with Crippen molar-refractivity contribution in [1.29, 1.82) is 0 Å². The van der Waals surface area contributed by atoms with Gasteiger partial charge in [0, 0.05) is 24.8 Å². The number of hydrogen-bond acceptors (Lipinski definition) is 3. The Labute approximate surface area is 127 Å². The lowest BCUT2D eigenvalue weighted by atomic mass is 9.94. The molecule has 1 saturated heterocycles. The topological polar surface area (TPSA) is 35.5 Å². The molecule has 1 heterocycles. The molecule has 0 spiro atoms. The summed E-state index contributed by atoms with van der Waals surface area (Å²) in [6, 6.07) is 5.08. The predicted molar refractivity (Wildman–Crippen MR) is 85.1 cm³/mol. The van der Waals surface area contributed by atoms with Crippen molar-refractivity contribution in [2.45, 2.75) is 45.8 Å². The highest BCUT2D eigenvalue weighted by Gasteiger charge is 2.26. The van der Waals surface area contributed by atoms with E-state index in [-0.39, 0.29) is 18.0 Å². The number of hydrogen-bond donors (Lipinski definition) is 2. The quantitative estimate of drug-likeness (QED) is 0.876. The van der Waals surface area contributed by atoms with Crippen molar-refractivity contribution in [2.75, 3.05) is 24.5 Å². The van der Waals surface area contributed by atoms with Gasteiger partial charge in [0.15, 0.2) is 0 Å². The number of benzene rings is 1. The van der Waals surface area contributed by atoms with E-state index in [0.29, 0.717) is 12.5 Å². The Bertz CT molecular complexity index is 466. The SMILES string of the molecule is CCCNC(C)c1cc(F)ccc1N1CCC(C)C(O)C1. The number of aliphatic hydroxyl groups excluding tert-OH is 1. The lowest BCUT2D eigenvalue weighted by Gasteiger charge is -2.37. The molecule has 0 radical (unpaired) electrons. The van der Waals surface area contributed by atoms with E-state index >= 15 is 0 Å². The number of piperidine rings is 1. The summed E-state index contributed by atoms with van der Waals surface area (Å²) < 4.78 is 13.6. The Morgan fingerprint density at radius 2 is 2.24 bits per heavy atom. The summed E-state index contributed by atoms with van der Waals surface area (Å²) in [5.74, 6) is 0.130. The van der Waals surface area contributed by atoms with Gasteiger partial charge in [0.05, 0.1) is 6.10 Å². The molecule has 1 aliphatic heterocycles. The van der Waals surface area contributed by atoms with Gasteiger partial charge in [-0.1, -0.05) is 13.8 Å². The first-order chi connectivity index (χ1) is 10.0. The zero-order valence-corrected chi connectivity index (χ0v) is 13.3. The molecule has 1 fully saturated rings. The van der Waals surface area contributed by atoms with E-state index in [2.05, 4.69) is 31.0 Å². The molecule has 0 amide bonds. The summed E-state index contributed by atoms with van der Waals surface area (Å²) in [7, 11) is 0. The summed E-state index contributed by atoms with van der Waals surface area (Å²) in [6.07, 6.45) is 1.71. The van der Waals surface area contributed by atoms with Crippen LogP contribution in [0.25, 0.3) is 0 Å². The van der Waals surface area contributed by atoms with Gasteiger partial charge in [-0.15, -0.1) is 0 Å². The van der Waals surface area contributed by atoms with Crippen LogP contribution in [0.4, 0.5) is 10.1 Å². The third-order valence-corrected chi connectivity index (χ3v) is 4.42. The first kappa shape index (κ1) is 16.2. The molecule has 3 nitrogen and oxygen atoms in total. The standard InChI is InChI=1S/C17H27FN2O/c1-4-8-19-13(3)15-10-14(18)5-6-16(15)20-9-7-12(2)17(21)11-20/h5-6,10,12-13,17,19,21H,4,7-9,11H2,1-3H3. The van der Waals surface area contributed by atoms with Gasteiger partial charge in [0.2, 0.25) is 0 Å². The van der Waals surface area contributed by atoms with Crippen molar-refractivity contribution in [3.63, 3.8) is 0 Å². The van der Waals surface area contributed by atoms with Gasteiger partial charge in [0.25, 0.3) is 0 Å². The fourth-order valence-electron chi connectivity index (χ4n) is 2.90. The van der Waals surface area contributed by atoms with Crippen LogP contribution in [-0.4, -0.2) is 30.8 Å². The molecular formula is C17H27FN2O. The number of rotatable bonds is 5. The highest BCUT2D eigenvalue weighted by Crippen LogP contribution is 2.30. The Morgan fingerprint density at radius 3 is 2.90 bits per heavy atom. The van der Waals surface area contributed by atoms with Crippen LogP contribution in [0.3, 0.4) is 0 Å². The monoisotopic (exact) mass is 294 g/mol. The number of nitrogens with one attached hydrogen (secondary N) is 1. The van der Waals surface area contributed by atoms with Gasteiger partial charge >= 0.3 is 0 Å². The molecule has 21 heavy (non-hydrogen) atoms. The molecule has 0 bridgehead atoms. The second kappa shape index (κ2) is 7.23. The third-order valence-electron chi connectivity index (χ3n) is 4.42. The smallest absolute Gasteiger partial charge is 0.123 e. The van der Waals surface area contributed by atoms with Crippen molar-refractivity contribution in [3.05, 3.63) is 29.6 Å². The number of β-amino-alcohol motifs (C(OH)–C–C–N with tert-alkyl or cyclic N) is 1. The van der Waals surface area contributed by atoms with Gasteiger partial charge in [-0.05, 0) is 56.0 Å². The van der Waals surface area contributed by atoms with Gasteiger partial charge in [-0.3, -0.25) is 0 Å². The first-order valence-electron chi connectivity index (χ1n) is 7.98. The van der Waals surface area contributed by atoms with Crippen molar-refractivity contribution in [3.8, 4) is 0 Å². The van der Waals surface area contributed by atoms with Crippen molar-refractivity contribution in [1.82, 2.24) is 5.32 Å². The first-order valence-corrected chi connectivity index (χ1v) is 7.98. The molecule has 3 atom stereocenters. The highest BCUT2D eigenvalue weighted by molar-refractivity contribution is 5.55. The maximum Gasteiger partial charge on any atom is 0.123 e. The van der Waals surface area contributed by atoms with E-state index in [9.17, 15) is 9.50 Å². The zero-order valence-electron chi connectivity index (χ0n) is 13.3. The molecule has 2 rings (SSSR count). The predicted octanol–water partition coefficient (Wildman–Crippen LogP) is 3.09. The van der Waals surface area contributed by atoms with Crippen LogP contribution in [0.2, 0.25) is 0 Å². The molecule has 0 aliphatic carbocycles. The molecule has 1 aromatic rings. The van der Waals surface area contributed by atoms with Crippen LogP contribution in [-0.2, 0) is 0 Å². The average molecular weight is 294 g/mol. The Morgan fingerprint density at radius 1 is 1.48 bits per heavy atom. The number of aliphatic hydroxyl groups is 1. The normalized spacial score (nSPS) is 24.1. The maximum atomic E-state index is 13.6. The highest BCUT2D eigenvalue weighted by atomic mass is 19.1. The Balaban J connectivity index is 2.22. The molecule has 3 unspecified atom stereocenters. The van der Waals surface area contributed by atoms with E-state index in [1.807, 2.05) is 6.07 Å². The van der Waals surface area contributed by atoms with Gasteiger partial charge in [0.1, 0.15) is 5.82 Å². The summed E-state index contributed by atoms with van der Waals surface area (Å²) in [5.41, 5.74) is 2.02. The number of anilines is 1. The van der Waals surface area contributed by atoms with Crippen molar-refractivity contribution >= 4 is 5.69 Å². The van der Waals surface area contributed by atoms with Crippen LogP contribution in [0.1, 0.15) is 45.2 Å². The average Bonchev–Trinajstić information content (AvgIpc) is 2.47. The summed E-state index contributed by atoms with van der Waals surface area (Å²) in [6.45, 7) is 8.72. The summed E-state index contributed by atoms with van der Waals surface area (Å²) in [5, 5.41) is 13.5. The molecule has 0 aromatic heterocycles. The van der Waals surface area contributed by atoms with E-state index in [1.54, 1.807) is 6.07 Å². The third kappa shape index (κ3) is 3.95. The van der Waals surface area contributed by atoms with Crippen LogP contribution in [0.15, 0.2) is 18.2 Å². The largest absolute Gasteiger partial charge is 0.391 e. The van der Waals surface area contributed by atoms with E-state index < -0.39 is 0 Å². The van der Waals surface area contributed by atoms with E-state index in [4.69, 9.17) is 0 Å². The molecule has 0 saturated carbocycles. The maximum absolute atomic E-state index is 13.6. The number of halogens is 1. The molecule has 1 aliphatic rings. The number of nitrogens with zero attached hydrogens (tertiary/aromatic N) is 1. The van der Waals surface area contributed by atoms with Crippen molar-refractivity contribution in [2.24, 2.45) is 5.92 Å². The fraction of sp³-hybridized carbons (Fsp3) is 0.647. The van der Waals surface area contributed by atoms with Crippen molar-refractivity contribution < 1.29 is 9.50 Å². The molecule has 1 aromatic carbocycles. The molecule has 2 N–H and O–H groups in total. The van der Waals surface area contributed by atoms with Gasteiger partial charge in [-0.2, -0.15) is 0 Å². The minimum atomic E-state index is -0.310. The fourth-order valence-corrected chi connectivity index (χ4v) is 2.90. The lowest BCUT2D eigenvalue weighted by molar-refractivity contribution is 0.103. The summed E-state index contributed by atoms with van der Waals surface area (Å²) in [4.78, 5) is 2.18. The van der Waals surface area contributed by atoms with Crippen LogP contribution in [0.5, 0.6) is 0 Å². The molecule has 118 valence electrons. The van der Waals surface area contributed by atoms with E-state index in [0.717, 1.165) is 37.2 Å². The molecular weight excluding hydrogens is 267 g/mol. The van der Waals surface area contributed by atoms with Gasteiger partial charge < -0.3 is 15.3 Å². The Kier molecular flexibility index (Phi) is 5.59. The van der Waals surface area contributed by atoms with Crippen LogP contribution in [0, 0.1) is 11.7 Å². The second-order valence-corrected chi connectivity index (χ2v) is 6.16. The zero-order chi connectivity index (χ0) is 15.4. The second-order valence-electron chi connectivity index (χ2n) is 6.16. The van der Waals surface area contributed by atoms with Crippen LogP contribution < -0.4 is 10.2 Å². The van der Waals surface area contributed by atoms with Gasteiger partial charge in [-0.25, -0.2) is 4.39 Å². The summed E-state index contributed by atoms with van der Waals surface area (Å²) >= 11 is 0. The lowest BCUT2D eigenvalue weighted by Crippen LogP contribution is -2.43. The minimum absolute atomic E-state index is 0.104.